The predicted octanol–water partition coefficient (Wildman–Crippen LogP) is 0.584. The number of carbonyl (C=O) groups is 1. The topological polar surface area (TPSA) is 62.1 Å². The summed E-state index contributed by atoms with van der Waals surface area (Å²) in [5.74, 6) is -0.179. The third-order valence-corrected chi connectivity index (χ3v) is 2.09. The zero-order valence-corrected chi connectivity index (χ0v) is 7.75. The highest BCUT2D eigenvalue weighted by Gasteiger charge is 2.20. The Morgan fingerprint density at radius 3 is 3.15 bits per heavy atom. The van der Waals surface area contributed by atoms with E-state index < -0.39 is 0 Å². The van der Waals surface area contributed by atoms with E-state index in [1.807, 2.05) is 13.0 Å². The van der Waals surface area contributed by atoms with Gasteiger partial charge in [-0.25, -0.2) is 0 Å². The minimum Gasteiger partial charge on any atom is -0.378 e. The van der Waals surface area contributed by atoms with Crippen molar-refractivity contribution >= 4 is 5.91 Å². The molecule has 0 aromatic carbocycles. The average molecular weight is 182 g/mol. The summed E-state index contributed by atoms with van der Waals surface area (Å²) >= 11 is 0. The van der Waals surface area contributed by atoms with Gasteiger partial charge < -0.3 is 10.1 Å². The van der Waals surface area contributed by atoms with Gasteiger partial charge in [-0.15, -0.1) is 0 Å². The third-order valence-electron chi connectivity index (χ3n) is 2.09. The van der Waals surface area contributed by atoms with E-state index >= 15 is 0 Å². The predicted molar refractivity (Wildman–Crippen MR) is 46.8 cm³/mol. The number of nitriles is 1. The highest BCUT2D eigenvalue weighted by Crippen LogP contribution is 2.12. The molecule has 1 amide bonds. The fraction of sp³-hybridized carbons (Fsp3) is 0.778. The molecule has 2 unspecified atom stereocenters. The molecule has 0 spiro atoms. The molecule has 13 heavy (non-hydrogen) atoms. The van der Waals surface area contributed by atoms with Crippen molar-refractivity contribution in [3.63, 3.8) is 0 Å². The molecular formula is C9H14N2O2. The molecule has 0 aliphatic carbocycles. The van der Waals surface area contributed by atoms with Crippen LogP contribution < -0.4 is 5.32 Å². The lowest BCUT2D eigenvalue weighted by Gasteiger charge is -2.27. The highest BCUT2D eigenvalue weighted by molar-refractivity contribution is 5.78. The van der Waals surface area contributed by atoms with Gasteiger partial charge in [-0.3, -0.25) is 4.79 Å². The minimum absolute atomic E-state index is 0.0499. The lowest BCUT2D eigenvalue weighted by atomic mass is 10.0. The Bertz CT molecular complexity index is 222. The Kier molecular flexibility index (Phi) is 3.71. The lowest BCUT2D eigenvalue weighted by molar-refractivity contribution is -0.121. The summed E-state index contributed by atoms with van der Waals surface area (Å²) < 4.78 is 5.33. The maximum atomic E-state index is 11.0. The van der Waals surface area contributed by atoms with Gasteiger partial charge in [0.2, 0.25) is 5.91 Å². The Morgan fingerprint density at radius 1 is 1.77 bits per heavy atom. The Morgan fingerprint density at radius 2 is 2.54 bits per heavy atom. The van der Waals surface area contributed by atoms with Crippen LogP contribution in [0.25, 0.3) is 0 Å². The first-order valence-corrected chi connectivity index (χ1v) is 4.50. The molecular weight excluding hydrogens is 168 g/mol. The van der Waals surface area contributed by atoms with Crippen LogP contribution in [0.2, 0.25) is 0 Å². The monoisotopic (exact) mass is 182 g/mol. The second kappa shape index (κ2) is 4.83. The fourth-order valence-electron chi connectivity index (χ4n) is 1.48. The van der Waals surface area contributed by atoms with Gasteiger partial charge in [0.15, 0.2) is 0 Å². The van der Waals surface area contributed by atoms with E-state index in [2.05, 4.69) is 5.32 Å². The van der Waals surface area contributed by atoms with Crippen LogP contribution in [-0.4, -0.2) is 24.7 Å². The summed E-state index contributed by atoms with van der Waals surface area (Å²) in [5, 5.41) is 11.1. The van der Waals surface area contributed by atoms with Gasteiger partial charge in [0, 0.05) is 12.6 Å². The van der Waals surface area contributed by atoms with E-state index in [-0.39, 0.29) is 24.5 Å². The molecule has 72 valence electrons. The van der Waals surface area contributed by atoms with Crippen LogP contribution >= 0.6 is 0 Å². The Balaban J connectivity index is 2.28. The first-order chi connectivity index (χ1) is 6.22. The molecule has 0 radical (unpaired) electrons. The van der Waals surface area contributed by atoms with Crippen LogP contribution in [-0.2, 0) is 9.53 Å². The summed E-state index contributed by atoms with van der Waals surface area (Å²) in [6.07, 6.45) is 1.85. The van der Waals surface area contributed by atoms with Gasteiger partial charge in [-0.2, -0.15) is 5.26 Å². The van der Waals surface area contributed by atoms with Crippen molar-refractivity contribution in [3.05, 3.63) is 0 Å². The van der Waals surface area contributed by atoms with Gasteiger partial charge in [0.1, 0.15) is 6.42 Å². The van der Waals surface area contributed by atoms with E-state index in [4.69, 9.17) is 10.00 Å². The van der Waals surface area contributed by atoms with Crippen LogP contribution in [0.5, 0.6) is 0 Å². The van der Waals surface area contributed by atoms with Crippen molar-refractivity contribution in [2.45, 2.75) is 38.3 Å². The summed E-state index contributed by atoms with van der Waals surface area (Å²) in [6.45, 7) is 2.68. The van der Waals surface area contributed by atoms with E-state index in [1.165, 1.54) is 0 Å². The van der Waals surface area contributed by atoms with Crippen molar-refractivity contribution in [1.82, 2.24) is 5.32 Å². The molecule has 4 heteroatoms. The van der Waals surface area contributed by atoms with E-state index in [0.717, 1.165) is 12.8 Å². The summed E-state index contributed by atoms with van der Waals surface area (Å²) in [4.78, 5) is 11.0. The smallest absolute Gasteiger partial charge is 0.234 e. The van der Waals surface area contributed by atoms with Crippen LogP contribution in [0.4, 0.5) is 0 Å². The van der Waals surface area contributed by atoms with Crippen LogP contribution in [0.15, 0.2) is 0 Å². The van der Waals surface area contributed by atoms with Gasteiger partial charge in [0.25, 0.3) is 0 Å². The maximum absolute atomic E-state index is 11.0. The summed E-state index contributed by atoms with van der Waals surface area (Å²) in [6, 6.07) is 2.01. The quantitative estimate of drug-likeness (QED) is 0.679. The fourth-order valence-corrected chi connectivity index (χ4v) is 1.48. The van der Waals surface area contributed by atoms with Crippen LogP contribution in [0.3, 0.4) is 0 Å². The van der Waals surface area contributed by atoms with E-state index in [1.54, 1.807) is 0 Å². The number of rotatable bonds is 2. The second-order valence-corrected chi connectivity index (χ2v) is 3.31. The summed E-state index contributed by atoms with van der Waals surface area (Å²) in [7, 11) is 0. The van der Waals surface area contributed by atoms with Crippen LogP contribution in [0.1, 0.15) is 26.2 Å². The number of hydrogen-bond donors (Lipinski definition) is 1. The van der Waals surface area contributed by atoms with Gasteiger partial charge in [-0.1, -0.05) is 0 Å². The molecule has 0 aromatic rings. The van der Waals surface area contributed by atoms with Crippen molar-refractivity contribution < 1.29 is 9.53 Å². The van der Waals surface area contributed by atoms with Crippen molar-refractivity contribution in [2.75, 3.05) is 6.61 Å². The zero-order valence-electron chi connectivity index (χ0n) is 7.75. The normalized spacial score (nSPS) is 27.7. The number of hydrogen-bond acceptors (Lipinski definition) is 3. The molecule has 0 saturated carbocycles. The highest BCUT2D eigenvalue weighted by atomic mass is 16.5. The number of amides is 1. The standard InChI is InChI=1S/C9H14N2O2/c1-7-6-8(3-5-13-7)11-9(12)2-4-10/h7-8H,2-3,5-6H2,1H3,(H,11,12). The van der Waals surface area contributed by atoms with Gasteiger partial charge in [0.05, 0.1) is 12.2 Å². The number of nitrogens with zero attached hydrogens (tertiary/aromatic N) is 1. The largest absolute Gasteiger partial charge is 0.378 e. The lowest BCUT2D eigenvalue weighted by Crippen LogP contribution is -2.41. The third kappa shape index (κ3) is 3.43. The van der Waals surface area contributed by atoms with Crippen molar-refractivity contribution in [3.8, 4) is 6.07 Å². The number of nitrogens with one attached hydrogen (secondary N) is 1. The SMILES string of the molecule is CC1CC(NC(=O)CC#N)CCO1. The van der Waals surface area contributed by atoms with Gasteiger partial charge in [-0.05, 0) is 19.8 Å². The Hall–Kier alpha value is -1.08. The van der Waals surface area contributed by atoms with Gasteiger partial charge >= 0.3 is 0 Å². The summed E-state index contributed by atoms with van der Waals surface area (Å²) in [5.41, 5.74) is 0. The minimum atomic E-state index is -0.179. The molecule has 1 saturated heterocycles. The molecule has 0 aromatic heterocycles. The molecule has 0 bridgehead atoms. The second-order valence-electron chi connectivity index (χ2n) is 3.31. The molecule has 2 atom stereocenters. The molecule has 1 heterocycles. The molecule has 4 nitrogen and oxygen atoms in total. The first-order valence-electron chi connectivity index (χ1n) is 4.50. The zero-order chi connectivity index (χ0) is 9.68. The number of ether oxygens (including phenoxy) is 1. The van der Waals surface area contributed by atoms with E-state index in [0.29, 0.717) is 6.61 Å². The number of carbonyl (C=O) groups excluding carboxylic acids is 1. The average Bonchev–Trinajstić information content (AvgIpc) is 2.04. The van der Waals surface area contributed by atoms with E-state index in [9.17, 15) is 4.79 Å². The van der Waals surface area contributed by atoms with Crippen molar-refractivity contribution in [1.29, 1.82) is 5.26 Å². The van der Waals surface area contributed by atoms with Crippen molar-refractivity contribution in [2.24, 2.45) is 0 Å². The first kappa shape index (κ1) is 10.0. The molecule has 1 rings (SSSR count). The molecule has 1 N–H and O–H groups in total. The Labute approximate surface area is 77.9 Å². The molecule has 1 aliphatic heterocycles. The maximum Gasteiger partial charge on any atom is 0.234 e. The molecule has 1 aliphatic rings. The molecule has 1 fully saturated rings. The van der Waals surface area contributed by atoms with Crippen LogP contribution in [0, 0.1) is 11.3 Å².